The topological polar surface area (TPSA) is 37.4 Å². The summed E-state index contributed by atoms with van der Waals surface area (Å²) in [6.45, 7) is 2.71. The van der Waals surface area contributed by atoms with Crippen LogP contribution in [0.5, 0.6) is 0 Å². The van der Waals surface area contributed by atoms with Gasteiger partial charge in [0, 0.05) is 6.54 Å². The van der Waals surface area contributed by atoms with E-state index >= 15 is 0 Å². The second-order valence-electron chi connectivity index (χ2n) is 4.12. The number of sulfonamides is 1. The number of aryl methyl sites for hydroxylation is 1. The van der Waals surface area contributed by atoms with Crippen LogP contribution in [-0.2, 0) is 16.4 Å². The number of nitrogens with zero attached hydrogens (tertiary/aromatic N) is 1. The van der Waals surface area contributed by atoms with Gasteiger partial charge >= 0.3 is 0 Å². The van der Waals surface area contributed by atoms with Gasteiger partial charge in [0.15, 0.2) is 0 Å². The normalized spacial score (nSPS) is 19.7. The van der Waals surface area contributed by atoms with Crippen LogP contribution in [-0.4, -0.2) is 20.7 Å². The Morgan fingerprint density at radius 3 is 2.44 bits per heavy atom. The fourth-order valence-electron chi connectivity index (χ4n) is 1.98. The molecule has 88 valence electrons. The maximum atomic E-state index is 11.9. The van der Waals surface area contributed by atoms with Crippen molar-refractivity contribution < 1.29 is 8.42 Å². The maximum absolute atomic E-state index is 11.9. The molecule has 1 aromatic carbocycles. The van der Waals surface area contributed by atoms with Gasteiger partial charge in [0.05, 0.1) is 11.4 Å². The summed E-state index contributed by atoms with van der Waals surface area (Å²) in [5, 5.41) is 0. The van der Waals surface area contributed by atoms with Gasteiger partial charge in [0.1, 0.15) is 0 Å². The molecule has 2 rings (SSSR count). The minimum atomic E-state index is -3.06. The third kappa shape index (κ3) is 2.21. The van der Waals surface area contributed by atoms with Crippen LogP contribution in [0.25, 0.3) is 0 Å². The molecule has 0 bridgehead atoms. The first-order valence-corrected chi connectivity index (χ1v) is 7.34. The van der Waals surface area contributed by atoms with Gasteiger partial charge in [0.2, 0.25) is 10.0 Å². The molecule has 0 saturated carbocycles. The lowest BCUT2D eigenvalue weighted by molar-refractivity contribution is 0.574. The van der Waals surface area contributed by atoms with Crippen LogP contribution in [0, 0.1) is 0 Å². The van der Waals surface area contributed by atoms with Crippen LogP contribution in [0.15, 0.2) is 24.3 Å². The fraction of sp³-hybridized carbons (Fsp3) is 0.500. The summed E-state index contributed by atoms with van der Waals surface area (Å²) in [6.07, 6.45) is 2.72. The van der Waals surface area contributed by atoms with E-state index in [0.29, 0.717) is 6.54 Å². The summed E-state index contributed by atoms with van der Waals surface area (Å²) in [4.78, 5) is 0. The molecular formula is C12H17NO2S. The van der Waals surface area contributed by atoms with E-state index in [4.69, 9.17) is 0 Å². The highest BCUT2D eigenvalue weighted by atomic mass is 32.2. The minimum absolute atomic E-state index is 0.280. The van der Waals surface area contributed by atoms with Gasteiger partial charge in [-0.3, -0.25) is 4.31 Å². The Labute approximate surface area is 97.1 Å². The molecule has 1 heterocycles. The van der Waals surface area contributed by atoms with Crippen LogP contribution in [0.1, 0.15) is 25.3 Å². The molecule has 0 radical (unpaired) electrons. The van der Waals surface area contributed by atoms with E-state index in [1.807, 2.05) is 24.3 Å². The summed E-state index contributed by atoms with van der Waals surface area (Å²) < 4.78 is 25.3. The molecular weight excluding hydrogens is 222 g/mol. The van der Waals surface area contributed by atoms with Gasteiger partial charge in [-0.1, -0.05) is 19.1 Å². The average molecular weight is 239 g/mol. The zero-order valence-electron chi connectivity index (χ0n) is 9.52. The Morgan fingerprint density at radius 2 is 1.88 bits per heavy atom. The lowest BCUT2D eigenvalue weighted by atomic mass is 10.1. The molecule has 0 N–H and O–H groups in total. The average Bonchev–Trinajstić information content (AvgIpc) is 2.29. The minimum Gasteiger partial charge on any atom is -0.270 e. The maximum Gasteiger partial charge on any atom is 0.235 e. The first-order chi connectivity index (χ1) is 7.63. The highest BCUT2D eigenvalue weighted by Gasteiger charge is 2.25. The zero-order chi connectivity index (χ0) is 11.6. The van der Waals surface area contributed by atoms with Crippen LogP contribution in [0.2, 0.25) is 0 Å². The standard InChI is InChI=1S/C12H17NO2S/c1-2-11-5-7-12(8-6-11)13-9-3-4-10-16(13,14)15/h5-8H,2-4,9-10H2,1H3. The van der Waals surface area contributed by atoms with Crippen LogP contribution >= 0.6 is 0 Å². The van der Waals surface area contributed by atoms with Crippen LogP contribution in [0.3, 0.4) is 0 Å². The lowest BCUT2D eigenvalue weighted by Crippen LogP contribution is -2.37. The molecule has 0 amide bonds. The molecule has 4 heteroatoms. The molecule has 0 aromatic heterocycles. The van der Waals surface area contributed by atoms with E-state index < -0.39 is 10.0 Å². The molecule has 0 unspecified atom stereocenters. The van der Waals surface area contributed by atoms with Gasteiger partial charge in [-0.05, 0) is 37.0 Å². The van der Waals surface area contributed by atoms with Crippen molar-refractivity contribution >= 4 is 15.7 Å². The Hall–Kier alpha value is -1.03. The Kier molecular flexibility index (Phi) is 3.19. The van der Waals surface area contributed by atoms with Gasteiger partial charge in [-0.2, -0.15) is 0 Å². The van der Waals surface area contributed by atoms with Crippen molar-refractivity contribution in [3.05, 3.63) is 29.8 Å². The fourth-order valence-corrected chi connectivity index (χ4v) is 3.62. The molecule has 1 saturated heterocycles. The number of benzene rings is 1. The summed E-state index contributed by atoms with van der Waals surface area (Å²) in [7, 11) is -3.06. The van der Waals surface area contributed by atoms with Crippen molar-refractivity contribution in [3.8, 4) is 0 Å². The first-order valence-electron chi connectivity index (χ1n) is 5.73. The van der Waals surface area contributed by atoms with E-state index in [-0.39, 0.29) is 5.75 Å². The van der Waals surface area contributed by atoms with E-state index in [2.05, 4.69) is 6.92 Å². The van der Waals surface area contributed by atoms with E-state index in [1.165, 1.54) is 9.87 Å². The molecule has 3 nitrogen and oxygen atoms in total. The van der Waals surface area contributed by atoms with Crippen molar-refractivity contribution in [1.82, 2.24) is 0 Å². The van der Waals surface area contributed by atoms with Crippen LogP contribution < -0.4 is 4.31 Å². The second kappa shape index (κ2) is 4.45. The molecule has 16 heavy (non-hydrogen) atoms. The number of anilines is 1. The molecule has 1 aromatic rings. The SMILES string of the molecule is CCc1ccc(N2CCCCS2(=O)=O)cc1. The Morgan fingerprint density at radius 1 is 1.19 bits per heavy atom. The smallest absolute Gasteiger partial charge is 0.235 e. The molecule has 1 aliphatic heterocycles. The van der Waals surface area contributed by atoms with Crippen molar-refractivity contribution in [2.45, 2.75) is 26.2 Å². The van der Waals surface area contributed by atoms with E-state index in [9.17, 15) is 8.42 Å². The van der Waals surface area contributed by atoms with Crippen molar-refractivity contribution in [2.75, 3.05) is 16.6 Å². The summed E-state index contributed by atoms with van der Waals surface area (Å²) in [6, 6.07) is 7.81. The van der Waals surface area contributed by atoms with Crippen LogP contribution in [0.4, 0.5) is 5.69 Å². The van der Waals surface area contributed by atoms with Crippen molar-refractivity contribution in [3.63, 3.8) is 0 Å². The summed E-state index contributed by atoms with van der Waals surface area (Å²) in [5.41, 5.74) is 2.04. The summed E-state index contributed by atoms with van der Waals surface area (Å²) >= 11 is 0. The van der Waals surface area contributed by atoms with Gasteiger partial charge in [-0.25, -0.2) is 8.42 Å². The van der Waals surface area contributed by atoms with Crippen molar-refractivity contribution in [2.24, 2.45) is 0 Å². The molecule has 1 fully saturated rings. The third-order valence-electron chi connectivity index (χ3n) is 2.98. The predicted octanol–water partition coefficient (Wildman–Crippen LogP) is 2.18. The largest absolute Gasteiger partial charge is 0.270 e. The number of hydrogen-bond donors (Lipinski definition) is 0. The summed E-state index contributed by atoms with van der Waals surface area (Å²) in [5.74, 6) is 0.280. The second-order valence-corrected chi connectivity index (χ2v) is 6.13. The Balaban J connectivity index is 2.28. The quantitative estimate of drug-likeness (QED) is 0.793. The molecule has 1 aliphatic rings. The monoisotopic (exact) mass is 239 g/mol. The lowest BCUT2D eigenvalue weighted by Gasteiger charge is -2.28. The number of hydrogen-bond acceptors (Lipinski definition) is 2. The predicted molar refractivity (Wildman–Crippen MR) is 66.2 cm³/mol. The number of rotatable bonds is 2. The van der Waals surface area contributed by atoms with E-state index in [0.717, 1.165) is 24.9 Å². The molecule has 0 atom stereocenters. The molecule has 0 aliphatic carbocycles. The Bertz CT molecular complexity index is 450. The van der Waals surface area contributed by atoms with Gasteiger partial charge in [-0.15, -0.1) is 0 Å². The van der Waals surface area contributed by atoms with Gasteiger partial charge < -0.3 is 0 Å². The highest BCUT2D eigenvalue weighted by molar-refractivity contribution is 7.92. The van der Waals surface area contributed by atoms with E-state index in [1.54, 1.807) is 0 Å². The molecule has 0 spiro atoms. The zero-order valence-corrected chi connectivity index (χ0v) is 10.3. The highest BCUT2D eigenvalue weighted by Crippen LogP contribution is 2.23. The van der Waals surface area contributed by atoms with Crippen molar-refractivity contribution in [1.29, 1.82) is 0 Å². The third-order valence-corrected chi connectivity index (χ3v) is 4.85. The first kappa shape index (κ1) is 11.5. The van der Waals surface area contributed by atoms with Gasteiger partial charge in [0.25, 0.3) is 0 Å².